The van der Waals surface area contributed by atoms with Gasteiger partial charge in [-0.25, -0.2) is 0 Å². The molecule has 3 rings (SSSR count). The second kappa shape index (κ2) is 8.45. The predicted molar refractivity (Wildman–Crippen MR) is 100 cm³/mol. The molecule has 1 amide bonds. The van der Waals surface area contributed by atoms with E-state index in [0.717, 1.165) is 36.4 Å². The van der Waals surface area contributed by atoms with Gasteiger partial charge in [-0.15, -0.1) is 0 Å². The normalized spacial score (nSPS) is 17.6. The molecule has 1 aromatic carbocycles. The minimum absolute atomic E-state index is 0.00653. The van der Waals surface area contributed by atoms with Crippen LogP contribution in [0.4, 0.5) is 0 Å². The van der Waals surface area contributed by atoms with Gasteiger partial charge in [0.15, 0.2) is 0 Å². The lowest BCUT2D eigenvalue weighted by Gasteiger charge is -2.29. The highest BCUT2D eigenvalue weighted by Gasteiger charge is 2.31. The minimum atomic E-state index is 0.00653. The van der Waals surface area contributed by atoms with Gasteiger partial charge < -0.3 is 4.90 Å². The van der Waals surface area contributed by atoms with Gasteiger partial charge in [-0.1, -0.05) is 23.7 Å². The molecular formula is C20H24ClN3O. The van der Waals surface area contributed by atoms with Gasteiger partial charge in [-0.2, -0.15) is 0 Å². The van der Waals surface area contributed by atoms with Gasteiger partial charge in [0.1, 0.15) is 0 Å². The van der Waals surface area contributed by atoms with Crippen molar-refractivity contribution >= 4 is 17.5 Å². The average Bonchev–Trinajstić information content (AvgIpc) is 3.06. The van der Waals surface area contributed by atoms with Crippen molar-refractivity contribution in [2.75, 3.05) is 20.1 Å². The smallest absolute Gasteiger partial charge is 0.240 e. The molecule has 25 heavy (non-hydrogen) atoms. The maximum atomic E-state index is 13.1. The van der Waals surface area contributed by atoms with E-state index in [1.165, 1.54) is 5.56 Å². The SMILES string of the molecule is CN1CCC[C@H]1C(=O)N(CCc1ccc(Cl)cc1)Cc1ccncc1. The number of pyridine rings is 1. The van der Waals surface area contributed by atoms with Crippen LogP contribution in [0.2, 0.25) is 5.02 Å². The first-order valence-corrected chi connectivity index (χ1v) is 9.13. The summed E-state index contributed by atoms with van der Waals surface area (Å²) >= 11 is 5.96. The molecule has 1 aliphatic rings. The van der Waals surface area contributed by atoms with Crippen molar-refractivity contribution < 1.29 is 4.79 Å². The van der Waals surface area contributed by atoms with Gasteiger partial charge >= 0.3 is 0 Å². The minimum Gasteiger partial charge on any atom is -0.337 e. The van der Waals surface area contributed by atoms with Crippen LogP contribution in [0.1, 0.15) is 24.0 Å². The zero-order valence-corrected chi connectivity index (χ0v) is 15.3. The Hall–Kier alpha value is -1.91. The van der Waals surface area contributed by atoms with Crippen LogP contribution in [0.15, 0.2) is 48.8 Å². The predicted octanol–water partition coefficient (Wildman–Crippen LogP) is 3.40. The molecule has 0 spiro atoms. The molecule has 0 radical (unpaired) electrons. The fourth-order valence-electron chi connectivity index (χ4n) is 3.32. The average molecular weight is 358 g/mol. The molecule has 0 saturated carbocycles. The molecule has 4 nitrogen and oxygen atoms in total. The van der Waals surface area contributed by atoms with E-state index >= 15 is 0 Å². The largest absolute Gasteiger partial charge is 0.337 e. The van der Waals surface area contributed by atoms with Crippen LogP contribution in [-0.4, -0.2) is 46.9 Å². The maximum absolute atomic E-state index is 13.1. The number of carbonyl (C=O) groups excluding carboxylic acids is 1. The first kappa shape index (κ1) is 17.9. The van der Waals surface area contributed by atoms with Crippen LogP contribution in [0, 0.1) is 0 Å². The number of hydrogen-bond acceptors (Lipinski definition) is 3. The topological polar surface area (TPSA) is 36.4 Å². The summed E-state index contributed by atoms with van der Waals surface area (Å²) in [4.78, 5) is 21.3. The third-order valence-corrected chi connectivity index (χ3v) is 5.08. The number of hydrogen-bond donors (Lipinski definition) is 0. The highest BCUT2D eigenvalue weighted by Crippen LogP contribution is 2.19. The number of nitrogens with zero attached hydrogens (tertiary/aromatic N) is 3. The molecule has 1 aromatic heterocycles. The Balaban J connectivity index is 1.71. The zero-order valence-electron chi connectivity index (χ0n) is 14.6. The van der Waals surface area contributed by atoms with E-state index in [2.05, 4.69) is 9.88 Å². The van der Waals surface area contributed by atoms with E-state index in [1.54, 1.807) is 12.4 Å². The fraction of sp³-hybridized carbons (Fsp3) is 0.400. The van der Waals surface area contributed by atoms with Gasteiger partial charge in [-0.3, -0.25) is 14.7 Å². The third kappa shape index (κ3) is 4.80. The Morgan fingerprint density at radius 2 is 1.92 bits per heavy atom. The molecular weight excluding hydrogens is 334 g/mol. The molecule has 1 fully saturated rings. The Bertz CT molecular complexity index is 690. The summed E-state index contributed by atoms with van der Waals surface area (Å²) in [6, 6.07) is 11.8. The van der Waals surface area contributed by atoms with Gasteiger partial charge in [0.05, 0.1) is 6.04 Å². The summed E-state index contributed by atoms with van der Waals surface area (Å²) in [7, 11) is 2.04. The Morgan fingerprint density at radius 1 is 1.20 bits per heavy atom. The molecule has 1 saturated heterocycles. The molecule has 0 N–H and O–H groups in total. The Morgan fingerprint density at radius 3 is 2.56 bits per heavy atom. The summed E-state index contributed by atoms with van der Waals surface area (Å²) in [6.07, 6.45) is 6.42. The van der Waals surface area contributed by atoms with Crippen LogP contribution >= 0.6 is 11.6 Å². The number of amides is 1. The zero-order chi connectivity index (χ0) is 17.6. The number of aromatic nitrogens is 1. The molecule has 0 bridgehead atoms. The number of carbonyl (C=O) groups is 1. The lowest BCUT2D eigenvalue weighted by Crippen LogP contribution is -2.44. The second-order valence-corrected chi connectivity index (χ2v) is 7.07. The van der Waals surface area contributed by atoms with Crippen molar-refractivity contribution in [2.24, 2.45) is 0 Å². The molecule has 5 heteroatoms. The van der Waals surface area contributed by atoms with Crippen molar-refractivity contribution in [1.82, 2.24) is 14.8 Å². The van der Waals surface area contributed by atoms with E-state index in [-0.39, 0.29) is 11.9 Å². The standard InChI is InChI=1S/C20H24ClN3O/c1-23-13-2-3-19(23)20(25)24(15-17-8-11-22-12-9-17)14-10-16-4-6-18(21)7-5-16/h4-9,11-12,19H,2-3,10,13-15H2,1H3/t19-/m0/s1. The van der Waals surface area contributed by atoms with E-state index in [9.17, 15) is 4.79 Å². The molecule has 0 aliphatic carbocycles. The number of rotatable bonds is 6. The van der Waals surface area contributed by atoms with Crippen LogP contribution in [0.25, 0.3) is 0 Å². The summed E-state index contributed by atoms with van der Waals surface area (Å²) in [5, 5.41) is 0.737. The second-order valence-electron chi connectivity index (χ2n) is 6.63. The molecule has 132 valence electrons. The number of likely N-dealkylation sites (N-methyl/N-ethyl adjacent to an activating group) is 1. The number of halogens is 1. The summed E-state index contributed by atoms with van der Waals surface area (Å²) in [5.41, 5.74) is 2.30. The van der Waals surface area contributed by atoms with Gasteiger partial charge in [-0.05, 0) is 68.2 Å². The summed E-state index contributed by atoms with van der Waals surface area (Å²) in [6.45, 7) is 2.32. The lowest BCUT2D eigenvalue weighted by molar-refractivity contribution is -0.136. The first-order chi connectivity index (χ1) is 12.1. The van der Waals surface area contributed by atoms with Crippen molar-refractivity contribution in [3.05, 3.63) is 64.9 Å². The highest BCUT2D eigenvalue weighted by molar-refractivity contribution is 6.30. The lowest BCUT2D eigenvalue weighted by atomic mass is 10.1. The Labute approximate surface area is 154 Å². The van der Waals surface area contributed by atoms with Crippen LogP contribution in [-0.2, 0) is 17.8 Å². The summed E-state index contributed by atoms with van der Waals surface area (Å²) < 4.78 is 0. The monoisotopic (exact) mass is 357 g/mol. The van der Waals surface area contributed by atoms with Crippen LogP contribution in [0.3, 0.4) is 0 Å². The van der Waals surface area contributed by atoms with Crippen molar-refractivity contribution in [2.45, 2.75) is 31.8 Å². The van der Waals surface area contributed by atoms with Crippen molar-refractivity contribution in [1.29, 1.82) is 0 Å². The van der Waals surface area contributed by atoms with E-state index < -0.39 is 0 Å². The number of likely N-dealkylation sites (tertiary alicyclic amines) is 1. The van der Waals surface area contributed by atoms with Gasteiger partial charge in [0.25, 0.3) is 0 Å². The molecule has 1 atom stereocenters. The molecule has 0 unspecified atom stereocenters. The molecule has 2 heterocycles. The quantitative estimate of drug-likeness (QED) is 0.795. The molecule has 2 aromatic rings. The fourth-order valence-corrected chi connectivity index (χ4v) is 3.45. The van der Waals surface area contributed by atoms with Crippen molar-refractivity contribution in [3.8, 4) is 0 Å². The van der Waals surface area contributed by atoms with E-state index in [4.69, 9.17) is 11.6 Å². The summed E-state index contributed by atoms with van der Waals surface area (Å²) in [5.74, 6) is 0.228. The van der Waals surface area contributed by atoms with Crippen LogP contribution < -0.4 is 0 Å². The van der Waals surface area contributed by atoms with Crippen LogP contribution in [0.5, 0.6) is 0 Å². The first-order valence-electron chi connectivity index (χ1n) is 8.76. The Kier molecular flexibility index (Phi) is 6.05. The molecule has 1 aliphatic heterocycles. The van der Waals surface area contributed by atoms with E-state index in [0.29, 0.717) is 13.1 Å². The third-order valence-electron chi connectivity index (χ3n) is 4.82. The van der Waals surface area contributed by atoms with E-state index in [1.807, 2.05) is 48.3 Å². The van der Waals surface area contributed by atoms with Gasteiger partial charge in [0.2, 0.25) is 5.91 Å². The highest BCUT2D eigenvalue weighted by atomic mass is 35.5. The number of benzene rings is 1. The van der Waals surface area contributed by atoms with Crippen molar-refractivity contribution in [3.63, 3.8) is 0 Å². The van der Waals surface area contributed by atoms with Gasteiger partial charge in [0, 0.05) is 30.5 Å². The maximum Gasteiger partial charge on any atom is 0.240 e.